The van der Waals surface area contributed by atoms with Crippen LogP contribution in [0.2, 0.25) is 0 Å². The van der Waals surface area contributed by atoms with Gasteiger partial charge in [-0.3, -0.25) is 0 Å². The molecule has 0 aromatic heterocycles. The molecule has 1 heterocycles. The number of alkyl halides is 3. The Morgan fingerprint density at radius 3 is 2.33 bits per heavy atom. The van der Waals surface area contributed by atoms with Crippen LogP contribution in [0.25, 0.3) is 0 Å². The van der Waals surface area contributed by atoms with E-state index in [2.05, 4.69) is 4.99 Å². The second-order valence-electron chi connectivity index (χ2n) is 2.20. The third-order valence-corrected chi connectivity index (χ3v) is 1.60. The Labute approximate surface area is 71.0 Å². The Morgan fingerprint density at radius 2 is 2.17 bits per heavy atom. The van der Waals surface area contributed by atoms with Crippen molar-refractivity contribution >= 4 is 17.8 Å². The van der Waals surface area contributed by atoms with E-state index in [9.17, 15) is 13.2 Å². The lowest BCUT2D eigenvalue weighted by Crippen LogP contribution is -2.34. The first-order valence-corrected chi connectivity index (χ1v) is 3.21. The smallest absolute Gasteiger partial charge is 0.247 e. The van der Waals surface area contributed by atoms with Gasteiger partial charge in [0.05, 0.1) is 6.07 Å². The average Bonchev–Trinajstić information content (AvgIpc) is 2.31. The van der Waals surface area contributed by atoms with Gasteiger partial charge in [0.15, 0.2) is 0 Å². The summed E-state index contributed by atoms with van der Waals surface area (Å²) in [4.78, 5) is 3.19. The summed E-state index contributed by atoms with van der Waals surface area (Å²) in [6.45, 7) is 0. The highest BCUT2D eigenvalue weighted by atomic mass is 35.5. The molecule has 1 aliphatic heterocycles. The molecule has 0 saturated carbocycles. The molecule has 0 spiro atoms. The van der Waals surface area contributed by atoms with Crippen LogP contribution in [-0.2, 0) is 0 Å². The predicted molar refractivity (Wildman–Crippen MR) is 36.5 cm³/mol. The minimum atomic E-state index is -4.66. The summed E-state index contributed by atoms with van der Waals surface area (Å²) in [5.74, 6) is 0. The molecule has 0 bridgehead atoms. The summed E-state index contributed by atoms with van der Waals surface area (Å²) in [7, 11) is 0. The molecule has 0 fully saturated rings. The van der Waals surface area contributed by atoms with Crippen molar-refractivity contribution in [3.05, 3.63) is 11.2 Å². The molecule has 1 unspecified atom stereocenters. The van der Waals surface area contributed by atoms with Crippen molar-refractivity contribution in [1.29, 1.82) is 5.26 Å². The first kappa shape index (κ1) is 9.07. The molecule has 1 rings (SSSR count). The van der Waals surface area contributed by atoms with Crippen LogP contribution < -0.4 is 0 Å². The molecule has 0 N–H and O–H groups in total. The Balaban J connectivity index is 3.14. The van der Waals surface area contributed by atoms with Crippen LogP contribution in [0.1, 0.15) is 0 Å². The molecule has 0 aliphatic carbocycles. The van der Waals surface area contributed by atoms with E-state index in [0.29, 0.717) is 12.3 Å². The molecule has 1 atom stereocenters. The molecule has 0 radical (unpaired) electrons. The van der Waals surface area contributed by atoms with Crippen molar-refractivity contribution in [3.63, 3.8) is 0 Å². The van der Waals surface area contributed by atoms with Gasteiger partial charge in [0.2, 0.25) is 5.41 Å². The summed E-state index contributed by atoms with van der Waals surface area (Å²) >= 11 is 5.19. The first-order valence-electron chi connectivity index (χ1n) is 2.83. The Morgan fingerprint density at radius 1 is 1.58 bits per heavy atom. The lowest BCUT2D eigenvalue weighted by molar-refractivity contribution is -0.163. The molecule has 6 heteroatoms. The molecular formula is C6H2ClF3N2. The highest BCUT2D eigenvalue weighted by Gasteiger charge is 2.55. The van der Waals surface area contributed by atoms with E-state index < -0.39 is 11.6 Å². The quantitative estimate of drug-likeness (QED) is 0.545. The Kier molecular flexibility index (Phi) is 1.88. The van der Waals surface area contributed by atoms with E-state index in [4.69, 9.17) is 16.9 Å². The number of rotatable bonds is 0. The summed E-state index contributed by atoms with van der Waals surface area (Å²) in [5, 5.41) is 7.99. The molecule has 0 aromatic rings. The van der Waals surface area contributed by atoms with Crippen molar-refractivity contribution in [3.8, 4) is 6.07 Å². The number of hydrogen-bond acceptors (Lipinski definition) is 2. The monoisotopic (exact) mass is 194 g/mol. The summed E-state index contributed by atoms with van der Waals surface area (Å²) in [5.41, 5.74) is -2.63. The maximum Gasteiger partial charge on any atom is 0.415 e. The van der Waals surface area contributed by atoms with Gasteiger partial charge < -0.3 is 0 Å². The summed E-state index contributed by atoms with van der Waals surface area (Å²) in [6.07, 6.45) is -3.59. The van der Waals surface area contributed by atoms with Crippen LogP contribution >= 0.6 is 11.6 Å². The third kappa shape index (κ3) is 1.18. The Hall–Kier alpha value is -1.02. The van der Waals surface area contributed by atoms with Gasteiger partial charge in [0.1, 0.15) is 5.16 Å². The van der Waals surface area contributed by atoms with Crippen molar-refractivity contribution in [1.82, 2.24) is 0 Å². The fourth-order valence-corrected chi connectivity index (χ4v) is 0.926. The zero-order chi connectivity index (χ0) is 9.41. The van der Waals surface area contributed by atoms with Crippen LogP contribution in [-0.4, -0.2) is 12.4 Å². The lowest BCUT2D eigenvalue weighted by atomic mass is 9.92. The number of aliphatic imine (C=N–C) groups is 1. The SMILES string of the molecule is N#CC1(C(F)(F)F)C=NC(Cl)=C1. The topological polar surface area (TPSA) is 36.1 Å². The van der Waals surface area contributed by atoms with Gasteiger partial charge in [-0.1, -0.05) is 11.6 Å². The van der Waals surface area contributed by atoms with Gasteiger partial charge in [-0.2, -0.15) is 18.4 Å². The molecule has 2 nitrogen and oxygen atoms in total. The van der Waals surface area contributed by atoms with Gasteiger partial charge in [0.25, 0.3) is 0 Å². The van der Waals surface area contributed by atoms with Crippen LogP contribution in [0.4, 0.5) is 13.2 Å². The molecule has 0 amide bonds. The average molecular weight is 195 g/mol. The van der Waals surface area contributed by atoms with Crippen LogP contribution in [0, 0.1) is 16.7 Å². The van der Waals surface area contributed by atoms with Gasteiger partial charge in [-0.15, -0.1) is 0 Å². The predicted octanol–water partition coefficient (Wildman–Crippen LogP) is 2.22. The van der Waals surface area contributed by atoms with Crippen LogP contribution in [0.15, 0.2) is 16.2 Å². The van der Waals surface area contributed by atoms with E-state index in [1.54, 1.807) is 0 Å². The van der Waals surface area contributed by atoms with Gasteiger partial charge >= 0.3 is 6.18 Å². The highest BCUT2D eigenvalue weighted by molar-refractivity contribution is 6.30. The molecule has 12 heavy (non-hydrogen) atoms. The van der Waals surface area contributed by atoms with E-state index >= 15 is 0 Å². The minimum Gasteiger partial charge on any atom is -0.247 e. The Bertz CT molecular complexity index is 299. The molecule has 64 valence electrons. The molecule has 1 aliphatic rings. The highest BCUT2D eigenvalue weighted by Crippen LogP contribution is 2.41. The third-order valence-electron chi connectivity index (χ3n) is 1.39. The molecule has 0 saturated heterocycles. The van der Waals surface area contributed by atoms with E-state index in [1.807, 2.05) is 0 Å². The minimum absolute atomic E-state index is 0.311. The maximum absolute atomic E-state index is 12.2. The number of allylic oxidation sites excluding steroid dienone is 1. The van der Waals surface area contributed by atoms with E-state index in [1.165, 1.54) is 0 Å². The number of nitrogens with zero attached hydrogens (tertiary/aromatic N) is 2. The largest absolute Gasteiger partial charge is 0.415 e. The van der Waals surface area contributed by atoms with Crippen molar-refractivity contribution in [2.75, 3.05) is 0 Å². The van der Waals surface area contributed by atoms with Gasteiger partial charge in [0, 0.05) is 6.21 Å². The number of halogens is 4. The fourth-order valence-electron chi connectivity index (χ4n) is 0.705. The zero-order valence-corrected chi connectivity index (χ0v) is 6.32. The first-order chi connectivity index (χ1) is 5.41. The molecule has 0 aromatic carbocycles. The number of hydrogen-bond donors (Lipinski definition) is 0. The van der Waals surface area contributed by atoms with Crippen molar-refractivity contribution in [2.24, 2.45) is 10.4 Å². The normalized spacial score (nSPS) is 28.4. The summed E-state index contributed by atoms with van der Waals surface area (Å²) in [6, 6.07) is 1.11. The van der Waals surface area contributed by atoms with E-state index in [0.717, 1.165) is 6.07 Å². The maximum atomic E-state index is 12.2. The fraction of sp³-hybridized carbons (Fsp3) is 0.333. The van der Waals surface area contributed by atoms with E-state index in [-0.39, 0.29) is 5.16 Å². The van der Waals surface area contributed by atoms with Gasteiger partial charge in [-0.05, 0) is 6.08 Å². The second kappa shape index (κ2) is 2.49. The zero-order valence-electron chi connectivity index (χ0n) is 5.56. The van der Waals surface area contributed by atoms with Crippen molar-refractivity contribution in [2.45, 2.75) is 6.18 Å². The molecular weight excluding hydrogens is 193 g/mol. The van der Waals surface area contributed by atoms with Crippen LogP contribution in [0.3, 0.4) is 0 Å². The lowest BCUT2D eigenvalue weighted by Gasteiger charge is -2.17. The van der Waals surface area contributed by atoms with Crippen molar-refractivity contribution < 1.29 is 13.2 Å². The number of nitriles is 1. The van der Waals surface area contributed by atoms with Crippen LogP contribution in [0.5, 0.6) is 0 Å². The second-order valence-corrected chi connectivity index (χ2v) is 2.59. The van der Waals surface area contributed by atoms with Gasteiger partial charge in [-0.25, -0.2) is 4.99 Å². The standard InChI is InChI=1S/C6H2ClF3N2/c7-4-1-5(2-11,3-12-4)6(8,9)10/h1,3H. The summed E-state index contributed by atoms with van der Waals surface area (Å²) < 4.78 is 36.5.